The lowest BCUT2D eigenvalue weighted by atomic mass is 10.1. The number of rotatable bonds is 4. The summed E-state index contributed by atoms with van der Waals surface area (Å²) in [5.74, 6) is 1.50. The van der Waals surface area contributed by atoms with E-state index in [-0.39, 0.29) is 11.9 Å². The van der Waals surface area contributed by atoms with E-state index in [4.69, 9.17) is 5.73 Å². The van der Waals surface area contributed by atoms with Crippen molar-refractivity contribution in [3.8, 4) is 0 Å². The summed E-state index contributed by atoms with van der Waals surface area (Å²) in [6.45, 7) is 5.33. The number of aromatic nitrogens is 2. The van der Waals surface area contributed by atoms with E-state index in [1.54, 1.807) is 6.92 Å². The molecule has 19 heavy (non-hydrogen) atoms. The van der Waals surface area contributed by atoms with Gasteiger partial charge in [0.2, 0.25) is 5.91 Å². The molecule has 0 spiro atoms. The van der Waals surface area contributed by atoms with Crippen LogP contribution in [0, 0.1) is 0 Å². The first-order valence-electron chi connectivity index (χ1n) is 6.73. The standard InChI is InChI=1S/C13H21N5O/c1-3-4-11-12(14)15-8-16-13(11)18-6-5-10(7-18)17-9(2)19/h8,10H,3-7H2,1-2H3,(H,17,19)(H2,14,15,16). The van der Waals surface area contributed by atoms with Gasteiger partial charge in [-0.05, 0) is 12.8 Å². The maximum Gasteiger partial charge on any atom is 0.217 e. The van der Waals surface area contributed by atoms with E-state index in [0.29, 0.717) is 5.82 Å². The largest absolute Gasteiger partial charge is 0.383 e. The SMILES string of the molecule is CCCc1c(N)ncnc1N1CCC(NC(C)=O)C1. The van der Waals surface area contributed by atoms with Crippen LogP contribution >= 0.6 is 0 Å². The van der Waals surface area contributed by atoms with Gasteiger partial charge in [0, 0.05) is 31.6 Å². The monoisotopic (exact) mass is 263 g/mol. The molecule has 1 fully saturated rings. The molecule has 1 atom stereocenters. The molecule has 1 aliphatic rings. The number of anilines is 2. The smallest absolute Gasteiger partial charge is 0.217 e. The van der Waals surface area contributed by atoms with Gasteiger partial charge in [-0.1, -0.05) is 13.3 Å². The number of nitrogens with two attached hydrogens (primary N) is 1. The van der Waals surface area contributed by atoms with Gasteiger partial charge >= 0.3 is 0 Å². The minimum absolute atomic E-state index is 0.0165. The van der Waals surface area contributed by atoms with E-state index in [2.05, 4.69) is 27.1 Å². The zero-order valence-electron chi connectivity index (χ0n) is 11.5. The normalized spacial score (nSPS) is 18.6. The fourth-order valence-corrected chi connectivity index (χ4v) is 2.54. The highest BCUT2D eigenvalue weighted by Gasteiger charge is 2.26. The lowest BCUT2D eigenvalue weighted by Gasteiger charge is -2.21. The minimum atomic E-state index is 0.0165. The van der Waals surface area contributed by atoms with E-state index >= 15 is 0 Å². The van der Waals surface area contributed by atoms with Gasteiger partial charge in [-0.15, -0.1) is 0 Å². The molecule has 0 aliphatic carbocycles. The summed E-state index contributed by atoms with van der Waals surface area (Å²) in [6, 6.07) is 0.197. The quantitative estimate of drug-likeness (QED) is 0.836. The second-order valence-corrected chi connectivity index (χ2v) is 4.94. The Labute approximate surface area is 113 Å². The first-order valence-corrected chi connectivity index (χ1v) is 6.73. The van der Waals surface area contributed by atoms with Crippen molar-refractivity contribution >= 4 is 17.5 Å². The molecule has 1 aliphatic heterocycles. The van der Waals surface area contributed by atoms with Gasteiger partial charge in [-0.3, -0.25) is 4.79 Å². The van der Waals surface area contributed by atoms with Crippen molar-refractivity contribution < 1.29 is 4.79 Å². The lowest BCUT2D eigenvalue weighted by Crippen LogP contribution is -2.36. The molecule has 6 heteroatoms. The van der Waals surface area contributed by atoms with E-state index in [0.717, 1.165) is 43.7 Å². The second-order valence-electron chi connectivity index (χ2n) is 4.94. The van der Waals surface area contributed by atoms with Crippen LogP contribution in [0.5, 0.6) is 0 Å². The summed E-state index contributed by atoms with van der Waals surface area (Å²) in [4.78, 5) is 21.7. The summed E-state index contributed by atoms with van der Waals surface area (Å²) in [5.41, 5.74) is 6.96. The Morgan fingerprint density at radius 3 is 3.05 bits per heavy atom. The van der Waals surface area contributed by atoms with Gasteiger partial charge in [0.25, 0.3) is 0 Å². The third-order valence-electron chi connectivity index (χ3n) is 3.35. The van der Waals surface area contributed by atoms with E-state index < -0.39 is 0 Å². The van der Waals surface area contributed by atoms with Crippen molar-refractivity contribution in [2.24, 2.45) is 0 Å². The van der Waals surface area contributed by atoms with Gasteiger partial charge in [-0.25, -0.2) is 9.97 Å². The van der Waals surface area contributed by atoms with Crippen LogP contribution in [0.3, 0.4) is 0 Å². The van der Waals surface area contributed by atoms with Crippen LogP contribution in [0.25, 0.3) is 0 Å². The molecule has 2 heterocycles. The summed E-state index contributed by atoms with van der Waals surface area (Å²) < 4.78 is 0. The molecule has 0 saturated carbocycles. The molecular weight excluding hydrogens is 242 g/mol. The maximum atomic E-state index is 11.1. The Morgan fingerprint density at radius 1 is 1.58 bits per heavy atom. The molecule has 0 aromatic carbocycles. The Balaban J connectivity index is 2.14. The maximum absolute atomic E-state index is 11.1. The molecule has 2 rings (SSSR count). The number of hydrogen-bond donors (Lipinski definition) is 2. The Kier molecular flexibility index (Phi) is 4.19. The molecule has 1 aromatic heterocycles. The second kappa shape index (κ2) is 5.86. The number of nitrogen functional groups attached to an aromatic ring is 1. The molecule has 1 unspecified atom stereocenters. The minimum Gasteiger partial charge on any atom is -0.383 e. The summed E-state index contributed by atoms with van der Waals surface area (Å²) in [5, 5.41) is 2.95. The van der Waals surface area contributed by atoms with Crippen LogP contribution in [-0.4, -0.2) is 35.0 Å². The van der Waals surface area contributed by atoms with Crippen LogP contribution in [-0.2, 0) is 11.2 Å². The van der Waals surface area contributed by atoms with Crippen LogP contribution < -0.4 is 16.0 Å². The number of nitrogens with one attached hydrogen (secondary N) is 1. The third kappa shape index (κ3) is 3.13. The van der Waals surface area contributed by atoms with Crippen molar-refractivity contribution in [1.82, 2.24) is 15.3 Å². The van der Waals surface area contributed by atoms with Gasteiger partial charge in [0.05, 0.1) is 0 Å². The predicted molar refractivity (Wildman–Crippen MR) is 74.9 cm³/mol. The zero-order valence-corrected chi connectivity index (χ0v) is 11.5. The number of amides is 1. The average molecular weight is 263 g/mol. The highest BCUT2D eigenvalue weighted by molar-refractivity contribution is 5.73. The molecule has 6 nitrogen and oxygen atoms in total. The highest BCUT2D eigenvalue weighted by atomic mass is 16.1. The molecule has 1 amide bonds. The molecule has 1 saturated heterocycles. The highest BCUT2D eigenvalue weighted by Crippen LogP contribution is 2.26. The summed E-state index contributed by atoms with van der Waals surface area (Å²) in [7, 11) is 0. The van der Waals surface area contributed by atoms with Crippen LogP contribution in [0.2, 0.25) is 0 Å². The van der Waals surface area contributed by atoms with Gasteiger partial charge < -0.3 is 16.0 Å². The molecular formula is C13H21N5O. The van der Waals surface area contributed by atoms with E-state index in [9.17, 15) is 4.79 Å². The van der Waals surface area contributed by atoms with Crippen molar-refractivity contribution in [2.75, 3.05) is 23.7 Å². The van der Waals surface area contributed by atoms with Crippen LogP contribution in [0.15, 0.2) is 6.33 Å². The predicted octanol–water partition coefficient (Wildman–Crippen LogP) is 0.726. The third-order valence-corrected chi connectivity index (χ3v) is 3.35. The fraction of sp³-hybridized carbons (Fsp3) is 0.615. The van der Waals surface area contributed by atoms with Gasteiger partial charge in [0.1, 0.15) is 18.0 Å². The first kappa shape index (κ1) is 13.6. The Bertz CT molecular complexity index is 462. The van der Waals surface area contributed by atoms with Crippen molar-refractivity contribution in [1.29, 1.82) is 0 Å². The molecule has 1 aromatic rings. The van der Waals surface area contributed by atoms with Gasteiger partial charge in [0.15, 0.2) is 0 Å². The number of nitrogens with zero attached hydrogens (tertiary/aromatic N) is 3. The topological polar surface area (TPSA) is 84.1 Å². The average Bonchev–Trinajstić information content (AvgIpc) is 2.79. The zero-order chi connectivity index (χ0) is 13.8. The van der Waals surface area contributed by atoms with Crippen LogP contribution in [0.1, 0.15) is 32.3 Å². The molecule has 0 radical (unpaired) electrons. The fourth-order valence-electron chi connectivity index (χ4n) is 2.54. The lowest BCUT2D eigenvalue weighted by molar-refractivity contribution is -0.119. The molecule has 3 N–H and O–H groups in total. The molecule has 0 bridgehead atoms. The van der Waals surface area contributed by atoms with E-state index in [1.807, 2.05) is 0 Å². The number of carbonyl (C=O) groups excluding carboxylic acids is 1. The van der Waals surface area contributed by atoms with Crippen molar-refractivity contribution in [3.05, 3.63) is 11.9 Å². The molecule has 104 valence electrons. The summed E-state index contributed by atoms with van der Waals surface area (Å²) >= 11 is 0. The van der Waals surface area contributed by atoms with Crippen molar-refractivity contribution in [2.45, 2.75) is 39.2 Å². The number of hydrogen-bond acceptors (Lipinski definition) is 5. The summed E-state index contributed by atoms with van der Waals surface area (Å²) in [6.07, 6.45) is 4.33. The first-order chi connectivity index (χ1) is 9.11. The van der Waals surface area contributed by atoms with Crippen molar-refractivity contribution in [3.63, 3.8) is 0 Å². The van der Waals surface area contributed by atoms with Crippen LogP contribution in [0.4, 0.5) is 11.6 Å². The van der Waals surface area contributed by atoms with E-state index in [1.165, 1.54) is 6.33 Å². The Hall–Kier alpha value is -1.85. The number of carbonyl (C=O) groups is 1. The Morgan fingerprint density at radius 2 is 2.37 bits per heavy atom. The van der Waals surface area contributed by atoms with Gasteiger partial charge in [-0.2, -0.15) is 0 Å².